The van der Waals surface area contributed by atoms with Gasteiger partial charge in [0, 0.05) is 12.0 Å². The Bertz CT molecular complexity index is 385. The summed E-state index contributed by atoms with van der Waals surface area (Å²) in [7, 11) is 0. The van der Waals surface area contributed by atoms with Crippen LogP contribution in [0.3, 0.4) is 0 Å². The topological polar surface area (TPSA) is 17.1 Å². The lowest BCUT2D eigenvalue weighted by atomic mass is 9.90. The fourth-order valence-corrected chi connectivity index (χ4v) is 1.19. The van der Waals surface area contributed by atoms with Crippen molar-refractivity contribution in [3.8, 4) is 11.8 Å². The zero-order valence-corrected chi connectivity index (χ0v) is 9.50. The van der Waals surface area contributed by atoms with E-state index in [1.165, 1.54) is 0 Å². The summed E-state index contributed by atoms with van der Waals surface area (Å²) in [6, 6.07) is 9.56. The molecule has 0 atom stereocenters. The molecule has 0 aliphatic rings. The van der Waals surface area contributed by atoms with Gasteiger partial charge in [0.25, 0.3) is 0 Å². The molecule has 15 heavy (non-hydrogen) atoms. The summed E-state index contributed by atoms with van der Waals surface area (Å²) in [5.74, 6) is 5.54. The molecule has 0 radical (unpaired) electrons. The maximum Gasteiger partial charge on any atom is 0.206 e. The Kier molecular flexibility index (Phi) is 3.68. The van der Waals surface area contributed by atoms with Crippen LogP contribution >= 0.6 is 0 Å². The maximum atomic E-state index is 11.5. The minimum absolute atomic E-state index is 0.00588. The Morgan fingerprint density at radius 2 is 1.80 bits per heavy atom. The first-order chi connectivity index (χ1) is 6.97. The molecule has 0 fully saturated rings. The molecule has 0 N–H and O–H groups in total. The van der Waals surface area contributed by atoms with E-state index in [0.29, 0.717) is 6.42 Å². The Morgan fingerprint density at radius 1 is 1.20 bits per heavy atom. The first kappa shape index (κ1) is 11.5. The standard InChI is InChI=1S/C14H16O/c1-14(2,3)11-13(15)10-9-12-7-5-4-6-8-12/h4-8H,11H2,1-3H3. The van der Waals surface area contributed by atoms with Crippen molar-refractivity contribution in [2.45, 2.75) is 27.2 Å². The van der Waals surface area contributed by atoms with Gasteiger partial charge in [0.1, 0.15) is 0 Å². The second-order valence-corrected chi connectivity index (χ2v) is 4.78. The van der Waals surface area contributed by atoms with Gasteiger partial charge < -0.3 is 0 Å². The van der Waals surface area contributed by atoms with E-state index < -0.39 is 0 Å². The van der Waals surface area contributed by atoms with Crippen molar-refractivity contribution >= 4 is 5.78 Å². The number of hydrogen-bond donors (Lipinski definition) is 0. The van der Waals surface area contributed by atoms with E-state index in [4.69, 9.17) is 0 Å². The summed E-state index contributed by atoms with van der Waals surface area (Å²) in [5.41, 5.74) is 0.905. The van der Waals surface area contributed by atoms with Crippen molar-refractivity contribution in [1.82, 2.24) is 0 Å². The van der Waals surface area contributed by atoms with Gasteiger partial charge in [-0.1, -0.05) is 44.9 Å². The van der Waals surface area contributed by atoms with Gasteiger partial charge >= 0.3 is 0 Å². The molecule has 0 aromatic heterocycles. The van der Waals surface area contributed by atoms with Gasteiger partial charge in [0.05, 0.1) is 0 Å². The molecular formula is C14H16O. The van der Waals surface area contributed by atoms with Crippen molar-refractivity contribution in [2.75, 3.05) is 0 Å². The highest BCUT2D eigenvalue weighted by atomic mass is 16.1. The molecule has 0 heterocycles. The summed E-state index contributed by atoms with van der Waals surface area (Å²) in [6.07, 6.45) is 0.507. The number of ketones is 1. The number of benzene rings is 1. The quantitative estimate of drug-likeness (QED) is 0.637. The number of carbonyl (C=O) groups is 1. The van der Waals surface area contributed by atoms with Crippen molar-refractivity contribution in [3.05, 3.63) is 35.9 Å². The highest BCUT2D eigenvalue weighted by molar-refractivity contribution is 5.96. The normalized spacial score (nSPS) is 10.3. The maximum absolute atomic E-state index is 11.5. The zero-order valence-electron chi connectivity index (χ0n) is 9.50. The van der Waals surface area contributed by atoms with Crippen LogP contribution in [0.1, 0.15) is 32.8 Å². The van der Waals surface area contributed by atoms with Crippen LogP contribution < -0.4 is 0 Å². The van der Waals surface area contributed by atoms with Gasteiger partial charge in [-0.05, 0) is 23.5 Å². The summed E-state index contributed by atoms with van der Waals surface area (Å²) >= 11 is 0. The van der Waals surface area contributed by atoms with Gasteiger partial charge in [0.15, 0.2) is 0 Å². The molecule has 0 bridgehead atoms. The van der Waals surface area contributed by atoms with Crippen LogP contribution in [0.15, 0.2) is 30.3 Å². The largest absolute Gasteiger partial charge is 0.285 e. The molecule has 0 aliphatic heterocycles. The SMILES string of the molecule is CC(C)(C)CC(=O)C#Cc1ccccc1. The molecule has 78 valence electrons. The number of Topliss-reactive ketones (excluding diaryl/α,β-unsaturated/α-hetero) is 1. The third-order valence-electron chi connectivity index (χ3n) is 1.81. The van der Waals surface area contributed by atoms with Crippen LogP contribution in [0.2, 0.25) is 0 Å². The fourth-order valence-electron chi connectivity index (χ4n) is 1.19. The third-order valence-corrected chi connectivity index (χ3v) is 1.81. The van der Waals surface area contributed by atoms with E-state index >= 15 is 0 Å². The van der Waals surface area contributed by atoms with E-state index in [2.05, 4.69) is 11.8 Å². The smallest absolute Gasteiger partial charge is 0.206 e. The molecular weight excluding hydrogens is 184 g/mol. The lowest BCUT2D eigenvalue weighted by molar-refractivity contribution is -0.115. The Hall–Kier alpha value is -1.55. The van der Waals surface area contributed by atoms with Crippen LogP contribution in [0, 0.1) is 17.3 Å². The molecule has 1 rings (SSSR count). The second-order valence-electron chi connectivity index (χ2n) is 4.78. The van der Waals surface area contributed by atoms with Crippen LogP contribution in [-0.2, 0) is 4.79 Å². The molecule has 1 aromatic rings. The van der Waals surface area contributed by atoms with Gasteiger partial charge in [-0.2, -0.15) is 0 Å². The van der Waals surface area contributed by atoms with E-state index in [1.807, 2.05) is 51.1 Å². The van der Waals surface area contributed by atoms with E-state index in [9.17, 15) is 4.79 Å². The number of rotatable bonds is 1. The first-order valence-electron chi connectivity index (χ1n) is 5.07. The van der Waals surface area contributed by atoms with Crippen molar-refractivity contribution in [3.63, 3.8) is 0 Å². The van der Waals surface area contributed by atoms with Crippen molar-refractivity contribution < 1.29 is 4.79 Å². The van der Waals surface area contributed by atoms with Crippen LogP contribution in [-0.4, -0.2) is 5.78 Å². The number of carbonyl (C=O) groups excluding carboxylic acids is 1. The molecule has 0 unspecified atom stereocenters. The zero-order chi connectivity index (χ0) is 11.3. The summed E-state index contributed by atoms with van der Waals surface area (Å²) in [4.78, 5) is 11.5. The molecule has 0 saturated heterocycles. The van der Waals surface area contributed by atoms with Gasteiger partial charge in [-0.25, -0.2) is 0 Å². The minimum Gasteiger partial charge on any atom is -0.285 e. The summed E-state index contributed by atoms with van der Waals surface area (Å²) < 4.78 is 0. The van der Waals surface area contributed by atoms with Crippen molar-refractivity contribution in [1.29, 1.82) is 0 Å². The highest BCUT2D eigenvalue weighted by Crippen LogP contribution is 2.18. The van der Waals surface area contributed by atoms with E-state index in [1.54, 1.807) is 0 Å². The summed E-state index contributed by atoms with van der Waals surface area (Å²) in [6.45, 7) is 6.11. The first-order valence-corrected chi connectivity index (χ1v) is 5.07. The lowest BCUT2D eigenvalue weighted by Crippen LogP contribution is -2.11. The van der Waals surface area contributed by atoms with Crippen LogP contribution in [0.5, 0.6) is 0 Å². The Labute approximate surface area is 91.5 Å². The van der Waals surface area contributed by atoms with Gasteiger partial charge in [0.2, 0.25) is 5.78 Å². The van der Waals surface area contributed by atoms with Crippen LogP contribution in [0.25, 0.3) is 0 Å². The van der Waals surface area contributed by atoms with Crippen molar-refractivity contribution in [2.24, 2.45) is 5.41 Å². The third kappa shape index (κ3) is 5.02. The molecule has 0 saturated carbocycles. The monoisotopic (exact) mass is 200 g/mol. The summed E-state index contributed by atoms with van der Waals surface area (Å²) in [5, 5.41) is 0. The molecule has 1 aromatic carbocycles. The average Bonchev–Trinajstić information content (AvgIpc) is 2.14. The second kappa shape index (κ2) is 4.79. The fraction of sp³-hybridized carbons (Fsp3) is 0.357. The minimum atomic E-state index is 0.00588. The number of hydrogen-bond acceptors (Lipinski definition) is 1. The molecule has 0 amide bonds. The predicted molar refractivity (Wildman–Crippen MR) is 62.4 cm³/mol. The van der Waals surface area contributed by atoms with Gasteiger partial charge in [-0.15, -0.1) is 0 Å². The molecule has 1 nitrogen and oxygen atoms in total. The van der Waals surface area contributed by atoms with E-state index in [-0.39, 0.29) is 11.2 Å². The molecule has 0 spiro atoms. The Morgan fingerprint density at radius 3 is 2.33 bits per heavy atom. The van der Waals surface area contributed by atoms with Gasteiger partial charge in [-0.3, -0.25) is 4.79 Å². The Balaban J connectivity index is 2.64. The van der Waals surface area contributed by atoms with Crippen LogP contribution in [0.4, 0.5) is 0 Å². The molecule has 0 aliphatic carbocycles. The average molecular weight is 200 g/mol. The highest BCUT2D eigenvalue weighted by Gasteiger charge is 2.13. The lowest BCUT2D eigenvalue weighted by Gasteiger charge is -2.14. The molecule has 1 heteroatoms. The predicted octanol–water partition coefficient (Wildman–Crippen LogP) is 3.04. The van der Waals surface area contributed by atoms with E-state index in [0.717, 1.165) is 5.56 Å².